The Kier molecular flexibility index (Phi) is 7.38. The standard InChI is InChI=1S/C27H25ClN2O4/c1-18(21-10-6-3-7-11-21)14-24(31)30-25(27(33)34-17-19-8-4-2-5-9-19)22(26(30)32)15-20-12-13-29-23(28)16-20/h2-13,16,18,22,25H,14-15,17H2,1H3/t18-,22+,25-/m0/s1. The van der Waals surface area contributed by atoms with Crippen LogP contribution in [-0.4, -0.2) is 33.7 Å². The topological polar surface area (TPSA) is 76.6 Å². The van der Waals surface area contributed by atoms with Crippen molar-refractivity contribution in [2.45, 2.75) is 38.3 Å². The van der Waals surface area contributed by atoms with Crippen LogP contribution in [0.4, 0.5) is 0 Å². The predicted octanol–water partition coefficient (Wildman–Crippen LogP) is 4.57. The average Bonchev–Trinajstić information content (AvgIpc) is 2.85. The molecule has 4 rings (SSSR count). The number of likely N-dealkylation sites (tertiary alicyclic amines) is 1. The summed E-state index contributed by atoms with van der Waals surface area (Å²) in [6, 6.07) is 21.3. The number of hydrogen-bond acceptors (Lipinski definition) is 5. The number of halogens is 1. The minimum Gasteiger partial charge on any atom is -0.459 e. The van der Waals surface area contributed by atoms with Gasteiger partial charge in [0.25, 0.3) is 0 Å². The van der Waals surface area contributed by atoms with Crippen molar-refractivity contribution >= 4 is 29.4 Å². The molecule has 3 aromatic rings. The normalized spacial score (nSPS) is 18.2. The van der Waals surface area contributed by atoms with Crippen molar-refractivity contribution in [2.75, 3.05) is 0 Å². The molecule has 3 atom stereocenters. The van der Waals surface area contributed by atoms with Gasteiger partial charge in [-0.1, -0.05) is 79.2 Å². The fourth-order valence-corrected chi connectivity index (χ4v) is 4.39. The fraction of sp³-hybridized carbons (Fsp3) is 0.259. The molecule has 1 fully saturated rings. The highest BCUT2D eigenvalue weighted by Gasteiger charge is 2.55. The quantitative estimate of drug-likeness (QED) is 0.270. The van der Waals surface area contributed by atoms with Crippen molar-refractivity contribution in [3.8, 4) is 0 Å². The second-order valence-corrected chi connectivity index (χ2v) is 8.84. The average molecular weight is 477 g/mol. The molecule has 1 aliphatic rings. The Morgan fingerprint density at radius 3 is 2.38 bits per heavy atom. The summed E-state index contributed by atoms with van der Waals surface area (Å²) >= 11 is 5.98. The monoisotopic (exact) mass is 476 g/mol. The van der Waals surface area contributed by atoms with Crippen LogP contribution in [0.3, 0.4) is 0 Å². The summed E-state index contributed by atoms with van der Waals surface area (Å²) in [6.45, 7) is 2.00. The van der Waals surface area contributed by atoms with E-state index in [0.29, 0.717) is 5.15 Å². The molecule has 1 saturated heterocycles. The molecule has 0 radical (unpaired) electrons. The fourth-order valence-electron chi connectivity index (χ4n) is 4.19. The lowest BCUT2D eigenvalue weighted by Gasteiger charge is -2.44. The number of nitrogens with zero attached hydrogens (tertiary/aromatic N) is 2. The molecular formula is C27H25ClN2O4. The lowest BCUT2D eigenvalue weighted by atomic mass is 9.81. The van der Waals surface area contributed by atoms with Crippen molar-refractivity contribution in [1.29, 1.82) is 0 Å². The molecule has 0 unspecified atom stereocenters. The number of rotatable bonds is 8. The van der Waals surface area contributed by atoms with Crippen molar-refractivity contribution in [3.63, 3.8) is 0 Å². The summed E-state index contributed by atoms with van der Waals surface area (Å²) in [4.78, 5) is 44.3. The van der Waals surface area contributed by atoms with Crippen LogP contribution in [0, 0.1) is 5.92 Å². The lowest BCUT2D eigenvalue weighted by molar-refractivity contribution is -0.180. The van der Waals surface area contributed by atoms with Gasteiger partial charge in [-0.25, -0.2) is 9.78 Å². The van der Waals surface area contributed by atoms with Gasteiger partial charge in [-0.3, -0.25) is 14.5 Å². The van der Waals surface area contributed by atoms with Gasteiger partial charge >= 0.3 is 5.97 Å². The highest BCUT2D eigenvalue weighted by molar-refractivity contribution is 6.29. The van der Waals surface area contributed by atoms with Gasteiger partial charge in [0.05, 0.1) is 5.92 Å². The molecule has 2 amide bonds. The van der Waals surface area contributed by atoms with Gasteiger partial charge in [-0.2, -0.15) is 0 Å². The third-order valence-corrected chi connectivity index (χ3v) is 6.25. The van der Waals surface area contributed by atoms with Gasteiger partial charge in [0, 0.05) is 12.6 Å². The largest absolute Gasteiger partial charge is 0.459 e. The molecule has 0 aliphatic carbocycles. The number of hydrogen-bond donors (Lipinski definition) is 0. The Bertz CT molecular complexity index is 1170. The molecule has 6 nitrogen and oxygen atoms in total. The summed E-state index contributed by atoms with van der Waals surface area (Å²) in [6.07, 6.45) is 1.93. The zero-order valence-electron chi connectivity index (χ0n) is 18.8. The number of benzene rings is 2. The van der Waals surface area contributed by atoms with E-state index in [1.807, 2.05) is 67.6 Å². The van der Waals surface area contributed by atoms with Crippen LogP contribution in [0.15, 0.2) is 79.0 Å². The van der Waals surface area contributed by atoms with E-state index in [9.17, 15) is 14.4 Å². The third-order valence-electron chi connectivity index (χ3n) is 6.04. The molecule has 0 bridgehead atoms. The summed E-state index contributed by atoms with van der Waals surface area (Å²) in [5, 5.41) is 0.303. The van der Waals surface area contributed by atoms with Crippen LogP contribution < -0.4 is 0 Å². The molecule has 1 aliphatic heterocycles. The molecule has 174 valence electrons. The van der Waals surface area contributed by atoms with E-state index in [0.717, 1.165) is 21.6 Å². The number of carbonyl (C=O) groups excluding carboxylic acids is 3. The minimum absolute atomic E-state index is 0.0701. The zero-order valence-corrected chi connectivity index (χ0v) is 19.5. The molecule has 34 heavy (non-hydrogen) atoms. The van der Waals surface area contributed by atoms with Crippen LogP contribution >= 0.6 is 11.6 Å². The number of carbonyl (C=O) groups is 3. The third kappa shape index (κ3) is 5.34. The molecule has 1 aromatic heterocycles. The van der Waals surface area contributed by atoms with Crippen molar-refractivity contribution in [3.05, 3.63) is 101 Å². The second-order valence-electron chi connectivity index (χ2n) is 8.45. The van der Waals surface area contributed by atoms with Gasteiger partial charge < -0.3 is 4.74 Å². The van der Waals surface area contributed by atoms with Gasteiger partial charge in [0.1, 0.15) is 17.8 Å². The molecule has 0 N–H and O–H groups in total. The summed E-state index contributed by atoms with van der Waals surface area (Å²) in [5.41, 5.74) is 2.59. The highest BCUT2D eigenvalue weighted by atomic mass is 35.5. The van der Waals surface area contributed by atoms with E-state index in [4.69, 9.17) is 16.3 Å². The number of amides is 2. The molecular weight excluding hydrogens is 452 g/mol. The van der Waals surface area contributed by atoms with Crippen LogP contribution in [0.1, 0.15) is 36.0 Å². The molecule has 2 aromatic carbocycles. The Morgan fingerprint density at radius 2 is 1.71 bits per heavy atom. The van der Waals surface area contributed by atoms with Crippen LogP contribution in [-0.2, 0) is 32.1 Å². The minimum atomic E-state index is -0.973. The van der Waals surface area contributed by atoms with E-state index in [1.165, 1.54) is 0 Å². The number of β-lactam (4-membered cyclic amide) rings is 1. The first-order chi connectivity index (χ1) is 16.4. The smallest absolute Gasteiger partial charge is 0.330 e. The van der Waals surface area contributed by atoms with Gasteiger partial charge in [0.2, 0.25) is 11.8 Å². The SMILES string of the molecule is C[C@@H](CC(=O)N1C(=O)[C@H](Cc2ccnc(Cl)c2)[C@H]1C(=O)OCc1ccccc1)c1ccccc1. The number of esters is 1. The van der Waals surface area contributed by atoms with Crippen molar-refractivity contribution in [1.82, 2.24) is 9.88 Å². The number of aromatic nitrogens is 1. The number of pyridine rings is 1. The van der Waals surface area contributed by atoms with Crippen molar-refractivity contribution in [2.24, 2.45) is 5.92 Å². The number of ether oxygens (including phenoxy) is 1. The summed E-state index contributed by atoms with van der Waals surface area (Å²) < 4.78 is 5.52. The van der Waals surface area contributed by atoms with E-state index in [-0.39, 0.29) is 37.2 Å². The van der Waals surface area contributed by atoms with E-state index >= 15 is 0 Å². The molecule has 0 spiro atoms. The first-order valence-electron chi connectivity index (χ1n) is 11.2. The van der Waals surface area contributed by atoms with Gasteiger partial charge in [0.15, 0.2) is 0 Å². The zero-order chi connectivity index (χ0) is 24.1. The van der Waals surface area contributed by atoms with Gasteiger partial charge in [-0.05, 0) is 41.2 Å². The van der Waals surface area contributed by atoms with Crippen LogP contribution in [0.2, 0.25) is 5.15 Å². The Balaban J connectivity index is 1.50. The summed E-state index contributed by atoms with van der Waals surface area (Å²) in [7, 11) is 0. The van der Waals surface area contributed by atoms with E-state index < -0.39 is 17.9 Å². The second kappa shape index (κ2) is 10.6. The van der Waals surface area contributed by atoms with Gasteiger partial charge in [-0.15, -0.1) is 0 Å². The molecule has 7 heteroatoms. The Morgan fingerprint density at radius 1 is 1.03 bits per heavy atom. The van der Waals surface area contributed by atoms with Crippen LogP contribution in [0.5, 0.6) is 0 Å². The molecule has 0 saturated carbocycles. The first kappa shape index (κ1) is 23.6. The maximum atomic E-state index is 13.1. The Labute approximate surface area is 203 Å². The Hall–Kier alpha value is -3.51. The predicted molar refractivity (Wildman–Crippen MR) is 128 cm³/mol. The maximum absolute atomic E-state index is 13.1. The van der Waals surface area contributed by atoms with E-state index in [1.54, 1.807) is 18.3 Å². The highest BCUT2D eigenvalue weighted by Crippen LogP contribution is 2.34. The molecule has 2 heterocycles. The van der Waals surface area contributed by atoms with E-state index in [2.05, 4.69) is 4.98 Å². The number of imide groups is 1. The van der Waals surface area contributed by atoms with Crippen molar-refractivity contribution < 1.29 is 19.1 Å². The summed E-state index contributed by atoms with van der Waals surface area (Å²) in [5.74, 6) is -2.14. The van der Waals surface area contributed by atoms with Crippen LogP contribution in [0.25, 0.3) is 0 Å². The lowest BCUT2D eigenvalue weighted by Crippen LogP contribution is -2.67. The maximum Gasteiger partial charge on any atom is 0.330 e. The first-order valence-corrected chi connectivity index (χ1v) is 11.5.